The molecule has 1 aliphatic rings. The molecule has 132 valence electrons. The number of hydrogen-bond acceptors (Lipinski definition) is 3. The van der Waals surface area contributed by atoms with E-state index in [1.54, 1.807) is 22.8 Å². The molecule has 2 amide bonds. The number of likely N-dealkylation sites (tertiary alicyclic amines) is 1. The van der Waals surface area contributed by atoms with Crippen LogP contribution in [-0.2, 0) is 16.1 Å². The summed E-state index contributed by atoms with van der Waals surface area (Å²) in [5.74, 6) is -0.519. The van der Waals surface area contributed by atoms with Gasteiger partial charge in [0.25, 0.3) is 0 Å². The van der Waals surface area contributed by atoms with E-state index < -0.39 is 0 Å². The maximum Gasteiger partial charge on any atom is 0.409 e. The summed E-state index contributed by atoms with van der Waals surface area (Å²) >= 11 is 0. The van der Waals surface area contributed by atoms with E-state index in [-0.39, 0.29) is 23.7 Å². The number of hydrogen-bond donors (Lipinski definition) is 0. The van der Waals surface area contributed by atoms with Gasteiger partial charge >= 0.3 is 6.09 Å². The van der Waals surface area contributed by atoms with Crippen molar-refractivity contribution in [2.45, 2.75) is 33.2 Å². The first kappa shape index (κ1) is 18.2. The van der Waals surface area contributed by atoms with Gasteiger partial charge in [-0.25, -0.2) is 9.18 Å². The van der Waals surface area contributed by atoms with Crippen LogP contribution in [0.25, 0.3) is 0 Å². The van der Waals surface area contributed by atoms with E-state index in [0.717, 1.165) is 18.4 Å². The van der Waals surface area contributed by atoms with Crippen molar-refractivity contribution in [3.05, 3.63) is 35.6 Å². The topological polar surface area (TPSA) is 49.9 Å². The van der Waals surface area contributed by atoms with Gasteiger partial charge in [0.05, 0.1) is 12.5 Å². The molecule has 1 atom stereocenters. The summed E-state index contributed by atoms with van der Waals surface area (Å²) in [5, 5.41) is 0. The minimum absolute atomic E-state index is 0.00996. The molecular formula is C18H25FN2O3. The zero-order valence-electron chi connectivity index (χ0n) is 14.3. The third-order valence-electron chi connectivity index (χ3n) is 4.25. The fraction of sp³-hybridized carbons (Fsp3) is 0.556. The fourth-order valence-electron chi connectivity index (χ4n) is 3.02. The van der Waals surface area contributed by atoms with Crippen LogP contribution in [-0.4, -0.2) is 48.0 Å². The van der Waals surface area contributed by atoms with E-state index in [1.807, 2.05) is 13.0 Å². The number of carbonyl (C=O) groups excluding carboxylic acids is 2. The van der Waals surface area contributed by atoms with Gasteiger partial charge in [-0.3, -0.25) is 4.79 Å². The molecule has 0 aromatic heterocycles. The normalized spacial score (nSPS) is 17.5. The second kappa shape index (κ2) is 8.66. The quantitative estimate of drug-likeness (QED) is 0.830. The summed E-state index contributed by atoms with van der Waals surface area (Å²) < 4.78 is 18.4. The number of carbonyl (C=O) groups is 2. The summed E-state index contributed by atoms with van der Waals surface area (Å²) in [5.41, 5.74) is 0.767. The maximum atomic E-state index is 13.3. The summed E-state index contributed by atoms with van der Waals surface area (Å²) in [4.78, 5) is 28.0. The molecule has 1 aromatic carbocycles. The highest BCUT2D eigenvalue weighted by Crippen LogP contribution is 2.21. The number of nitrogens with zero attached hydrogens (tertiary/aromatic N) is 2. The Morgan fingerprint density at radius 3 is 2.83 bits per heavy atom. The van der Waals surface area contributed by atoms with Crippen LogP contribution in [0.4, 0.5) is 9.18 Å². The van der Waals surface area contributed by atoms with Crippen molar-refractivity contribution in [2.75, 3.05) is 26.2 Å². The molecule has 24 heavy (non-hydrogen) atoms. The molecule has 1 aliphatic heterocycles. The number of rotatable bonds is 5. The van der Waals surface area contributed by atoms with Crippen LogP contribution >= 0.6 is 0 Å². The van der Waals surface area contributed by atoms with Crippen molar-refractivity contribution >= 4 is 12.0 Å². The molecule has 0 saturated carbocycles. The highest BCUT2D eigenvalue weighted by molar-refractivity contribution is 5.80. The number of benzene rings is 1. The zero-order valence-corrected chi connectivity index (χ0v) is 14.3. The van der Waals surface area contributed by atoms with Crippen molar-refractivity contribution in [1.82, 2.24) is 9.80 Å². The lowest BCUT2D eigenvalue weighted by molar-refractivity contribution is -0.137. The SMILES string of the molecule is CCOC(=O)N1CCCC(C(=O)N(CC)Cc2cccc(F)c2)C1. The molecule has 0 bridgehead atoms. The van der Waals surface area contributed by atoms with Gasteiger partial charge < -0.3 is 14.5 Å². The van der Waals surface area contributed by atoms with Gasteiger partial charge in [0.15, 0.2) is 0 Å². The molecule has 1 heterocycles. The van der Waals surface area contributed by atoms with Crippen LogP contribution in [0.2, 0.25) is 0 Å². The first-order chi connectivity index (χ1) is 11.5. The Kier molecular flexibility index (Phi) is 6.58. The molecule has 0 N–H and O–H groups in total. The molecule has 6 heteroatoms. The van der Waals surface area contributed by atoms with Crippen molar-refractivity contribution in [3.8, 4) is 0 Å². The largest absolute Gasteiger partial charge is 0.450 e. The lowest BCUT2D eigenvalue weighted by Gasteiger charge is -2.34. The van der Waals surface area contributed by atoms with E-state index in [1.165, 1.54) is 12.1 Å². The average molecular weight is 336 g/mol. The Morgan fingerprint density at radius 2 is 2.17 bits per heavy atom. The highest BCUT2D eigenvalue weighted by Gasteiger charge is 2.31. The van der Waals surface area contributed by atoms with Gasteiger partial charge in [0, 0.05) is 26.2 Å². The molecule has 1 fully saturated rings. The van der Waals surface area contributed by atoms with Crippen LogP contribution < -0.4 is 0 Å². The minimum Gasteiger partial charge on any atom is -0.450 e. The lowest BCUT2D eigenvalue weighted by atomic mass is 9.96. The zero-order chi connectivity index (χ0) is 17.5. The monoisotopic (exact) mass is 336 g/mol. The van der Waals surface area contributed by atoms with Crippen molar-refractivity contribution in [1.29, 1.82) is 0 Å². The van der Waals surface area contributed by atoms with E-state index in [9.17, 15) is 14.0 Å². The van der Waals surface area contributed by atoms with Crippen LogP contribution in [0.5, 0.6) is 0 Å². The van der Waals surface area contributed by atoms with E-state index in [4.69, 9.17) is 4.74 Å². The molecular weight excluding hydrogens is 311 g/mol. The maximum absolute atomic E-state index is 13.3. The summed E-state index contributed by atoms with van der Waals surface area (Å²) in [6.45, 7) is 5.93. The molecule has 1 aromatic rings. The van der Waals surface area contributed by atoms with Crippen LogP contribution in [0.1, 0.15) is 32.3 Å². The van der Waals surface area contributed by atoms with Gasteiger partial charge in [-0.2, -0.15) is 0 Å². The van der Waals surface area contributed by atoms with Crippen molar-refractivity contribution in [2.24, 2.45) is 5.92 Å². The Labute approximate surface area is 142 Å². The molecule has 1 unspecified atom stereocenters. The number of halogens is 1. The van der Waals surface area contributed by atoms with E-state index in [0.29, 0.717) is 32.8 Å². The smallest absolute Gasteiger partial charge is 0.409 e. The van der Waals surface area contributed by atoms with Gasteiger partial charge in [0.2, 0.25) is 5.91 Å². The number of ether oxygens (including phenoxy) is 1. The molecule has 1 saturated heterocycles. The Balaban J connectivity index is 2.00. The minimum atomic E-state index is -0.358. The second-order valence-electron chi connectivity index (χ2n) is 5.97. The van der Waals surface area contributed by atoms with Gasteiger partial charge in [-0.15, -0.1) is 0 Å². The molecule has 5 nitrogen and oxygen atoms in total. The van der Waals surface area contributed by atoms with Crippen molar-refractivity contribution in [3.63, 3.8) is 0 Å². The number of piperidine rings is 1. The Morgan fingerprint density at radius 1 is 1.38 bits per heavy atom. The third kappa shape index (κ3) is 4.69. The third-order valence-corrected chi connectivity index (χ3v) is 4.25. The lowest BCUT2D eigenvalue weighted by Crippen LogP contribution is -2.46. The average Bonchev–Trinajstić information content (AvgIpc) is 2.59. The predicted molar refractivity (Wildman–Crippen MR) is 88.8 cm³/mol. The standard InChI is InChI=1S/C18H25FN2O3/c1-3-20(12-14-7-5-9-16(19)11-14)17(22)15-8-6-10-21(13-15)18(23)24-4-2/h5,7,9,11,15H,3-4,6,8,10,12-13H2,1-2H3. The summed E-state index contributed by atoms with van der Waals surface area (Å²) in [6.07, 6.45) is 1.18. The first-order valence-electron chi connectivity index (χ1n) is 8.50. The summed E-state index contributed by atoms with van der Waals surface area (Å²) in [7, 11) is 0. The van der Waals surface area contributed by atoms with Gasteiger partial charge in [-0.1, -0.05) is 12.1 Å². The predicted octanol–water partition coefficient (Wildman–Crippen LogP) is 3.04. The fourth-order valence-corrected chi connectivity index (χ4v) is 3.02. The van der Waals surface area contributed by atoms with Crippen LogP contribution in [0.15, 0.2) is 24.3 Å². The van der Waals surface area contributed by atoms with Gasteiger partial charge in [0.1, 0.15) is 5.82 Å². The molecule has 2 rings (SSSR count). The summed E-state index contributed by atoms with van der Waals surface area (Å²) in [6, 6.07) is 6.29. The van der Waals surface area contributed by atoms with Crippen LogP contribution in [0.3, 0.4) is 0 Å². The van der Waals surface area contributed by atoms with E-state index >= 15 is 0 Å². The molecule has 0 radical (unpaired) electrons. The molecule has 0 spiro atoms. The Bertz CT molecular complexity index is 579. The molecule has 0 aliphatic carbocycles. The van der Waals surface area contributed by atoms with E-state index in [2.05, 4.69) is 0 Å². The number of amides is 2. The van der Waals surface area contributed by atoms with Gasteiger partial charge in [-0.05, 0) is 44.4 Å². The Hall–Kier alpha value is -2.11. The van der Waals surface area contributed by atoms with Crippen molar-refractivity contribution < 1.29 is 18.7 Å². The van der Waals surface area contributed by atoms with Crippen LogP contribution in [0, 0.1) is 11.7 Å². The second-order valence-corrected chi connectivity index (χ2v) is 5.97. The first-order valence-corrected chi connectivity index (χ1v) is 8.50. The highest BCUT2D eigenvalue weighted by atomic mass is 19.1.